The molecule has 9 heteroatoms. The van der Waals surface area contributed by atoms with E-state index < -0.39 is 43.4 Å². The van der Waals surface area contributed by atoms with Crippen LogP contribution in [0.3, 0.4) is 0 Å². The van der Waals surface area contributed by atoms with Gasteiger partial charge in [0.15, 0.2) is 6.29 Å². The molecule has 9 nitrogen and oxygen atoms in total. The van der Waals surface area contributed by atoms with Crippen molar-refractivity contribution in [1.82, 2.24) is 0 Å². The molecule has 0 aromatic heterocycles. The molecule has 1 fully saturated rings. The highest BCUT2D eigenvalue weighted by Gasteiger charge is 2.44. The molecule has 1 aliphatic heterocycles. The lowest BCUT2D eigenvalue weighted by Crippen LogP contribution is -2.59. The van der Waals surface area contributed by atoms with Gasteiger partial charge in [0, 0.05) is 13.0 Å². The number of carbonyl (C=O) groups excluding carboxylic acids is 1. The number of unbranched alkanes of at least 4 members (excludes halogenated alkanes) is 30. The zero-order chi connectivity index (χ0) is 42.2. The molecule has 6 atom stereocenters. The summed E-state index contributed by atoms with van der Waals surface area (Å²) in [5, 5.41) is 40.2. The van der Waals surface area contributed by atoms with E-state index in [2.05, 4.69) is 26.0 Å². The number of allylic oxidation sites excluding steroid dienone is 2. The molecular weight excluding hydrogens is 733 g/mol. The first kappa shape index (κ1) is 54.9. The summed E-state index contributed by atoms with van der Waals surface area (Å²) < 4.78 is 22.9. The minimum Gasteiger partial charge on any atom is -0.457 e. The maximum absolute atomic E-state index is 12.8. The van der Waals surface area contributed by atoms with Gasteiger partial charge in [0.05, 0.1) is 19.8 Å². The summed E-state index contributed by atoms with van der Waals surface area (Å²) in [5.41, 5.74) is 0. The van der Waals surface area contributed by atoms with Crippen LogP contribution in [0.2, 0.25) is 0 Å². The fourth-order valence-electron chi connectivity index (χ4n) is 7.78. The van der Waals surface area contributed by atoms with Crippen molar-refractivity contribution < 1.29 is 44.2 Å². The smallest absolute Gasteiger partial charge is 0.306 e. The second-order valence-corrected chi connectivity index (χ2v) is 17.3. The van der Waals surface area contributed by atoms with E-state index in [9.17, 15) is 25.2 Å². The van der Waals surface area contributed by atoms with Crippen LogP contribution >= 0.6 is 0 Å². The summed E-state index contributed by atoms with van der Waals surface area (Å²) in [6.07, 6.45) is 39.5. The highest BCUT2D eigenvalue weighted by atomic mass is 16.7. The number of rotatable bonds is 43. The summed E-state index contributed by atoms with van der Waals surface area (Å²) in [7, 11) is 0. The Kier molecular flexibility index (Phi) is 39.1. The van der Waals surface area contributed by atoms with E-state index in [1.165, 1.54) is 167 Å². The topological polar surface area (TPSA) is 135 Å². The average molecular weight is 827 g/mol. The Morgan fingerprint density at radius 3 is 1.40 bits per heavy atom. The van der Waals surface area contributed by atoms with E-state index in [0.29, 0.717) is 13.0 Å². The lowest BCUT2D eigenvalue weighted by molar-refractivity contribution is -0.305. The van der Waals surface area contributed by atoms with E-state index in [1.54, 1.807) is 0 Å². The maximum Gasteiger partial charge on any atom is 0.306 e. The zero-order valence-corrected chi connectivity index (χ0v) is 37.8. The van der Waals surface area contributed by atoms with Crippen molar-refractivity contribution in [1.29, 1.82) is 0 Å². The van der Waals surface area contributed by atoms with E-state index in [1.807, 2.05) is 0 Å². The van der Waals surface area contributed by atoms with Gasteiger partial charge in [-0.05, 0) is 38.5 Å². The predicted molar refractivity (Wildman–Crippen MR) is 238 cm³/mol. The lowest BCUT2D eigenvalue weighted by Gasteiger charge is -2.39. The van der Waals surface area contributed by atoms with Gasteiger partial charge in [-0.25, -0.2) is 0 Å². The largest absolute Gasteiger partial charge is 0.457 e. The fraction of sp³-hybridized carbons (Fsp3) is 0.939. The van der Waals surface area contributed by atoms with Gasteiger partial charge in [0.1, 0.15) is 30.5 Å². The average Bonchev–Trinajstić information content (AvgIpc) is 3.22. The van der Waals surface area contributed by atoms with Crippen molar-refractivity contribution in [2.75, 3.05) is 26.4 Å². The van der Waals surface area contributed by atoms with Crippen LogP contribution in [0.4, 0.5) is 0 Å². The van der Waals surface area contributed by atoms with E-state index in [-0.39, 0.29) is 19.2 Å². The second-order valence-electron chi connectivity index (χ2n) is 17.3. The zero-order valence-electron chi connectivity index (χ0n) is 37.8. The molecule has 0 spiro atoms. The van der Waals surface area contributed by atoms with Gasteiger partial charge in [-0.2, -0.15) is 0 Å². The molecule has 58 heavy (non-hydrogen) atoms. The van der Waals surface area contributed by atoms with E-state index in [4.69, 9.17) is 18.9 Å². The highest BCUT2D eigenvalue weighted by Crippen LogP contribution is 2.23. The van der Waals surface area contributed by atoms with Crippen molar-refractivity contribution in [2.45, 2.75) is 269 Å². The quantitative estimate of drug-likeness (QED) is 0.0269. The summed E-state index contributed by atoms with van der Waals surface area (Å²) in [4.78, 5) is 12.8. The molecule has 1 rings (SSSR count). The van der Waals surface area contributed by atoms with Crippen LogP contribution in [0.1, 0.15) is 232 Å². The van der Waals surface area contributed by atoms with Crippen LogP contribution < -0.4 is 0 Å². The molecule has 6 unspecified atom stereocenters. The summed E-state index contributed by atoms with van der Waals surface area (Å²) >= 11 is 0. The molecule has 0 bridgehead atoms. The van der Waals surface area contributed by atoms with Crippen LogP contribution in [-0.4, -0.2) is 89.6 Å². The molecular formula is C49H94O9. The Bertz CT molecular complexity index is 899. The molecule has 4 N–H and O–H groups in total. The Morgan fingerprint density at radius 2 is 0.948 bits per heavy atom. The SMILES string of the molecule is CCCCCCCCC/C=C\CCCCCCCC(=O)OC(COCCCCCCCCCCCCCCCCCCCCC)COC1OC(CO)C(O)C(O)C1O. The minimum atomic E-state index is -1.53. The maximum atomic E-state index is 12.8. The molecule has 1 heterocycles. The third-order valence-corrected chi connectivity index (χ3v) is 11.7. The van der Waals surface area contributed by atoms with Gasteiger partial charge in [0.2, 0.25) is 0 Å². The normalized spacial score (nSPS) is 20.3. The Morgan fingerprint density at radius 1 is 0.534 bits per heavy atom. The number of hydrogen-bond acceptors (Lipinski definition) is 9. The van der Waals surface area contributed by atoms with Crippen LogP contribution in [0.5, 0.6) is 0 Å². The molecule has 0 aromatic carbocycles. The van der Waals surface area contributed by atoms with E-state index >= 15 is 0 Å². The molecule has 344 valence electrons. The number of carbonyl (C=O) groups is 1. The Hall–Kier alpha value is -1.07. The predicted octanol–water partition coefficient (Wildman–Crippen LogP) is 11.6. The van der Waals surface area contributed by atoms with Gasteiger partial charge in [-0.15, -0.1) is 0 Å². The van der Waals surface area contributed by atoms with Gasteiger partial charge in [0.25, 0.3) is 0 Å². The first-order valence-electron chi connectivity index (χ1n) is 24.8. The van der Waals surface area contributed by atoms with E-state index in [0.717, 1.165) is 44.9 Å². The number of hydrogen-bond donors (Lipinski definition) is 4. The van der Waals surface area contributed by atoms with Crippen LogP contribution in [-0.2, 0) is 23.7 Å². The lowest BCUT2D eigenvalue weighted by atomic mass is 9.99. The molecule has 0 radical (unpaired) electrons. The monoisotopic (exact) mass is 827 g/mol. The van der Waals surface area contributed by atoms with Gasteiger partial charge < -0.3 is 39.4 Å². The highest BCUT2D eigenvalue weighted by molar-refractivity contribution is 5.69. The van der Waals surface area contributed by atoms with Crippen LogP contribution in [0.25, 0.3) is 0 Å². The van der Waals surface area contributed by atoms with Crippen molar-refractivity contribution in [3.05, 3.63) is 12.2 Å². The Labute approximate surface area is 356 Å². The third kappa shape index (κ3) is 31.8. The minimum absolute atomic E-state index is 0.111. The van der Waals surface area contributed by atoms with Gasteiger partial charge >= 0.3 is 5.97 Å². The second kappa shape index (κ2) is 41.3. The molecule has 1 saturated heterocycles. The first-order valence-corrected chi connectivity index (χ1v) is 24.8. The number of aliphatic hydroxyl groups is 4. The summed E-state index contributed by atoms with van der Waals surface area (Å²) in [6.45, 7) is 4.59. The van der Waals surface area contributed by atoms with Crippen molar-refractivity contribution >= 4 is 5.97 Å². The van der Waals surface area contributed by atoms with Crippen molar-refractivity contribution in [2.24, 2.45) is 0 Å². The number of ether oxygens (including phenoxy) is 4. The molecule has 0 saturated carbocycles. The van der Waals surface area contributed by atoms with Crippen LogP contribution in [0.15, 0.2) is 12.2 Å². The fourth-order valence-corrected chi connectivity index (χ4v) is 7.78. The molecule has 0 amide bonds. The summed E-state index contributed by atoms with van der Waals surface area (Å²) in [6, 6.07) is 0. The third-order valence-electron chi connectivity index (χ3n) is 11.7. The number of aliphatic hydroxyl groups excluding tert-OH is 4. The van der Waals surface area contributed by atoms with Crippen molar-refractivity contribution in [3.8, 4) is 0 Å². The molecule has 1 aliphatic rings. The Balaban J connectivity index is 2.21. The van der Waals surface area contributed by atoms with Gasteiger partial charge in [-0.1, -0.05) is 199 Å². The first-order chi connectivity index (χ1) is 28.4. The molecule has 0 aromatic rings. The van der Waals surface area contributed by atoms with Crippen molar-refractivity contribution in [3.63, 3.8) is 0 Å². The summed E-state index contributed by atoms with van der Waals surface area (Å²) in [5.74, 6) is -0.317. The standard InChI is InChI=1S/C49H94O9/c1-3-5-7-9-11-13-15-17-19-21-22-23-25-27-29-31-33-35-37-39-55-41-43(42-56-49-48(54)47(53)46(52)44(40-50)58-49)57-45(51)38-36-34-32-30-28-26-24-20-18-16-14-12-10-8-6-4-2/h20,24,43-44,46-50,52-54H,3-19,21-23,25-42H2,1-2H3/b24-20-. The number of esters is 1. The molecule has 0 aliphatic carbocycles. The van der Waals surface area contributed by atoms with Crippen LogP contribution in [0, 0.1) is 0 Å². The van der Waals surface area contributed by atoms with Gasteiger partial charge in [-0.3, -0.25) is 4.79 Å².